The van der Waals surface area contributed by atoms with E-state index in [-0.39, 0.29) is 11.8 Å². The molecule has 2 heteroatoms. The third kappa shape index (κ3) is 19.5. The Morgan fingerprint density at radius 2 is 1.22 bits per heavy atom. The van der Waals surface area contributed by atoms with Crippen LogP contribution in [0.25, 0.3) is 0 Å². The molecule has 27 heavy (non-hydrogen) atoms. The third-order valence-corrected chi connectivity index (χ3v) is 5.42. The number of allylic oxidation sites excluding steroid dienone is 3. The van der Waals surface area contributed by atoms with Crippen LogP contribution in [0.1, 0.15) is 122 Å². The number of carbonyl (C=O) groups is 1. The minimum Gasteiger partial charge on any atom is -0.369 e. The molecule has 0 saturated heterocycles. The molecule has 0 heterocycles. The second-order valence-corrected chi connectivity index (χ2v) is 8.06. The SMILES string of the molecule is C=CCC(CCCCCCCCCC/C=C\CCCCCCCC)C(N)=O. The molecule has 0 aromatic heterocycles. The largest absolute Gasteiger partial charge is 0.369 e. The summed E-state index contributed by atoms with van der Waals surface area (Å²) in [6, 6.07) is 0. The van der Waals surface area contributed by atoms with Gasteiger partial charge in [0.05, 0.1) is 0 Å². The molecule has 0 saturated carbocycles. The zero-order valence-corrected chi connectivity index (χ0v) is 18.2. The topological polar surface area (TPSA) is 43.1 Å². The van der Waals surface area contributed by atoms with Crippen molar-refractivity contribution in [1.82, 2.24) is 0 Å². The highest BCUT2D eigenvalue weighted by Gasteiger charge is 2.12. The molecular weight excluding hydrogens is 330 g/mol. The molecule has 0 aliphatic rings. The first-order valence-corrected chi connectivity index (χ1v) is 11.8. The molecule has 1 amide bonds. The molecule has 0 aromatic rings. The molecule has 0 rings (SSSR count). The Hall–Kier alpha value is -1.05. The highest BCUT2D eigenvalue weighted by Crippen LogP contribution is 2.16. The number of primary amides is 1. The van der Waals surface area contributed by atoms with Crippen molar-refractivity contribution in [3.05, 3.63) is 24.8 Å². The lowest BCUT2D eigenvalue weighted by atomic mass is 9.96. The maximum absolute atomic E-state index is 11.3. The lowest BCUT2D eigenvalue weighted by Gasteiger charge is -2.10. The second kappa shape index (κ2) is 21.3. The molecule has 0 aliphatic heterocycles. The summed E-state index contributed by atoms with van der Waals surface area (Å²) in [6.07, 6.45) is 29.5. The van der Waals surface area contributed by atoms with Crippen molar-refractivity contribution >= 4 is 5.91 Å². The normalized spacial score (nSPS) is 12.5. The van der Waals surface area contributed by atoms with Gasteiger partial charge < -0.3 is 5.73 Å². The van der Waals surface area contributed by atoms with Crippen LogP contribution in [0.2, 0.25) is 0 Å². The van der Waals surface area contributed by atoms with E-state index in [2.05, 4.69) is 25.7 Å². The smallest absolute Gasteiger partial charge is 0.220 e. The van der Waals surface area contributed by atoms with Crippen LogP contribution >= 0.6 is 0 Å². The van der Waals surface area contributed by atoms with Gasteiger partial charge in [0, 0.05) is 5.92 Å². The van der Waals surface area contributed by atoms with Crippen molar-refractivity contribution in [3.63, 3.8) is 0 Å². The van der Waals surface area contributed by atoms with E-state index < -0.39 is 0 Å². The number of nitrogens with two attached hydrogens (primary N) is 1. The van der Waals surface area contributed by atoms with Gasteiger partial charge in [0.25, 0.3) is 0 Å². The van der Waals surface area contributed by atoms with Crippen LogP contribution in [0.5, 0.6) is 0 Å². The van der Waals surface area contributed by atoms with Crippen molar-refractivity contribution < 1.29 is 4.79 Å². The van der Waals surface area contributed by atoms with E-state index in [1.807, 2.05) is 0 Å². The first-order valence-electron chi connectivity index (χ1n) is 11.8. The molecule has 0 spiro atoms. The van der Waals surface area contributed by atoms with Gasteiger partial charge in [0.15, 0.2) is 0 Å². The summed E-state index contributed by atoms with van der Waals surface area (Å²) in [5.74, 6) is -0.174. The highest BCUT2D eigenvalue weighted by molar-refractivity contribution is 5.76. The minimum atomic E-state index is -0.170. The van der Waals surface area contributed by atoms with Crippen LogP contribution in [0, 0.1) is 5.92 Å². The number of hydrogen-bond acceptors (Lipinski definition) is 1. The molecular formula is C25H47NO. The predicted octanol–water partition coefficient (Wildman–Crippen LogP) is 7.87. The molecule has 0 radical (unpaired) electrons. The molecule has 2 N–H and O–H groups in total. The maximum atomic E-state index is 11.3. The average molecular weight is 378 g/mol. The van der Waals surface area contributed by atoms with Gasteiger partial charge in [-0.2, -0.15) is 0 Å². The summed E-state index contributed by atoms with van der Waals surface area (Å²) in [6.45, 7) is 5.98. The summed E-state index contributed by atoms with van der Waals surface area (Å²) in [7, 11) is 0. The first-order chi connectivity index (χ1) is 13.2. The highest BCUT2D eigenvalue weighted by atomic mass is 16.1. The molecule has 1 unspecified atom stereocenters. The van der Waals surface area contributed by atoms with Crippen molar-refractivity contribution in [3.8, 4) is 0 Å². The quantitative estimate of drug-likeness (QED) is 0.160. The molecule has 158 valence electrons. The predicted molar refractivity (Wildman–Crippen MR) is 121 cm³/mol. The van der Waals surface area contributed by atoms with Crippen molar-refractivity contribution in [2.45, 2.75) is 122 Å². The summed E-state index contributed by atoms with van der Waals surface area (Å²) >= 11 is 0. The lowest BCUT2D eigenvalue weighted by molar-refractivity contribution is -0.121. The summed E-state index contributed by atoms with van der Waals surface area (Å²) in [4.78, 5) is 11.3. The van der Waals surface area contributed by atoms with E-state index >= 15 is 0 Å². The molecule has 0 fully saturated rings. The van der Waals surface area contributed by atoms with Crippen LogP contribution in [-0.2, 0) is 4.79 Å². The fourth-order valence-electron chi connectivity index (χ4n) is 3.57. The van der Waals surface area contributed by atoms with Crippen LogP contribution in [-0.4, -0.2) is 5.91 Å². The Kier molecular flexibility index (Phi) is 20.4. The Balaban J connectivity index is 3.25. The van der Waals surface area contributed by atoms with Gasteiger partial charge in [-0.15, -0.1) is 6.58 Å². The summed E-state index contributed by atoms with van der Waals surface area (Å²) in [5, 5.41) is 0. The lowest BCUT2D eigenvalue weighted by Crippen LogP contribution is -2.22. The fraction of sp³-hybridized carbons (Fsp3) is 0.800. The Morgan fingerprint density at radius 1 is 0.778 bits per heavy atom. The number of unbranched alkanes of at least 4 members (excludes halogenated alkanes) is 14. The van der Waals surface area contributed by atoms with Gasteiger partial charge in [-0.1, -0.05) is 102 Å². The second-order valence-electron chi connectivity index (χ2n) is 8.06. The molecule has 2 nitrogen and oxygen atoms in total. The van der Waals surface area contributed by atoms with Crippen LogP contribution < -0.4 is 5.73 Å². The van der Waals surface area contributed by atoms with Crippen LogP contribution in [0.3, 0.4) is 0 Å². The average Bonchev–Trinajstić information content (AvgIpc) is 2.66. The van der Waals surface area contributed by atoms with E-state index in [1.54, 1.807) is 6.08 Å². The van der Waals surface area contributed by atoms with E-state index in [4.69, 9.17) is 5.73 Å². The standard InChI is InChI=1S/C25H47NO/c1-3-5-6-7-8-9-10-11-12-13-14-15-16-17-18-19-20-21-23-24(22-4-2)25(26)27/h4,11-12,24H,2-3,5-10,13-23H2,1H3,(H2,26,27)/b12-11-. The van der Waals surface area contributed by atoms with Crippen LogP contribution in [0.4, 0.5) is 0 Å². The van der Waals surface area contributed by atoms with Gasteiger partial charge in [-0.3, -0.25) is 4.79 Å². The Bertz CT molecular complexity index is 361. The number of carbonyl (C=O) groups excluding carboxylic acids is 1. The number of amides is 1. The molecule has 0 bridgehead atoms. The van der Waals surface area contributed by atoms with Gasteiger partial charge >= 0.3 is 0 Å². The molecule has 0 aliphatic carbocycles. The number of hydrogen-bond donors (Lipinski definition) is 1. The van der Waals surface area contributed by atoms with Crippen LogP contribution in [0.15, 0.2) is 24.8 Å². The first kappa shape index (κ1) is 26.0. The Morgan fingerprint density at radius 3 is 1.67 bits per heavy atom. The van der Waals surface area contributed by atoms with E-state index in [0.29, 0.717) is 0 Å². The van der Waals surface area contributed by atoms with Gasteiger partial charge in [0.1, 0.15) is 0 Å². The molecule has 0 aromatic carbocycles. The van der Waals surface area contributed by atoms with Gasteiger partial charge in [0.2, 0.25) is 5.91 Å². The van der Waals surface area contributed by atoms with Crippen molar-refractivity contribution in [2.75, 3.05) is 0 Å². The zero-order chi connectivity index (χ0) is 20.0. The zero-order valence-electron chi connectivity index (χ0n) is 18.2. The van der Waals surface area contributed by atoms with Gasteiger partial charge in [-0.25, -0.2) is 0 Å². The monoisotopic (exact) mass is 377 g/mol. The van der Waals surface area contributed by atoms with Crippen molar-refractivity contribution in [2.24, 2.45) is 11.7 Å². The third-order valence-electron chi connectivity index (χ3n) is 5.42. The minimum absolute atomic E-state index is 0.00314. The van der Waals surface area contributed by atoms with E-state index in [0.717, 1.165) is 19.3 Å². The molecule has 1 atom stereocenters. The summed E-state index contributed by atoms with van der Waals surface area (Å²) in [5.41, 5.74) is 5.41. The van der Waals surface area contributed by atoms with E-state index in [9.17, 15) is 4.79 Å². The summed E-state index contributed by atoms with van der Waals surface area (Å²) < 4.78 is 0. The Labute approximate surface area is 170 Å². The van der Waals surface area contributed by atoms with Crippen molar-refractivity contribution in [1.29, 1.82) is 0 Å². The van der Waals surface area contributed by atoms with E-state index in [1.165, 1.54) is 96.3 Å². The van der Waals surface area contributed by atoms with Gasteiger partial charge in [-0.05, 0) is 38.5 Å². The number of rotatable bonds is 21. The maximum Gasteiger partial charge on any atom is 0.220 e. The fourth-order valence-corrected chi connectivity index (χ4v) is 3.57.